The third-order valence-corrected chi connectivity index (χ3v) is 6.31. The first kappa shape index (κ1) is 23.5. The van der Waals surface area contributed by atoms with Crippen molar-refractivity contribution >= 4 is 7.37 Å². The van der Waals surface area contributed by atoms with Crippen molar-refractivity contribution in [3.05, 3.63) is 63.7 Å². The Labute approximate surface area is 171 Å². The van der Waals surface area contributed by atoms with Gasteiger partial charge in [0.25, 0.3) is 7.37 Å². The van der Waals surface area contributed by atoms with Crippen molar-refractivity contribution in [1.82, 2.24) is 0 Å². The maximum absolute atomic E-state index is 12.7. The summed E-state index contributed by atoms with van der Waals surface area (Å²) in [6, 6.07) is 9.51. The van der Waals surface area contributed by atoms with Gasteiger partial charge in [-0.2, -0.15) is 8.78 Å². The standard InChI is InChI=1S/C22H29F2O4P/c1-14(2)19-10-17(6-7-21(19)28-13-27-5)11-20-15(3)8-18(9-16(20)4)12-29(25,26)22(23)24/h6-10,14,22H,11-13H2,1-5H3,(H,25,26). The lowest BCUT2D eigenvalue weighted by Gasteiger charge is -2.18. The molecule has 160 valence electrons. The SMILES string of the molecule is COCOc1ccc(Cc2c(C)cc(CP(=O)(O)C(F)F)cc2C)cc1C(C)C. The van der Waals surface area contributed by atoms with E-state index in [9.17, 15) is 18.2 Å². The van der Waals surface area contributed by atoms with E-state index >= 15 is 0 Å². The van der Waals surface area contributed by atoms with E-state index in [1.165, 1.54) is 0 Å². The van der Waals surface area contributed by atoms with Gasteiger partial charge in [-0.25, -0.2) is 0 Å². The second kappa shape index (κ2) is 9.84. The fraction of sp³-hybridized carbons (Fsp3) is 0.455. The van der Waals surface area contributed by atoms with E-state index in [4.69, 9.17) is 9.47 Å². The van der Waals surface area contributed by atoms with Gasteiger partial charge in [0, 0.05) is 7.11 Å². The molecule has 2 aromatic carbocycles. The Kier molecular flexibility index (Phi) is 7.98. The van der Waals surface area contributed by atoms with Gasteiger partial charge in [0.15, 0.2) is 6.79 Å². The second-order valence-corrected chi connectivity index (χ2v) is 9.87. The van der Waals surface area contributed by atoms with E-state index in [1.54, 1.807) is 19.2 Å². The molecule has 1 unspecified atom stereocenters. The van der Waals surface area contributed by atoms with Crippen LogP contribution in [0.4, 0.5) is 8.78 Å². The van der Waals surface area contributed by atoms with Crippen LogP contribution in [0.15, 0.2) is 30.3 Å². The van der Waals surface area contributed by atoms with Crippen LogP contribution in [0.5, 0.6) is 5.75 Å². The van der Waals surface area contributed by atoms with Gasteiger partial charge in [-0.3, -0.25) is 4.57 Å². The molecule has 0 saturated carbocycles. The number of rotatable bonds is 9. The maximum Gasteiger partial charge on any atom is 0.312 e. The van der Waals surface area contributed by atoms with Crippen LogP contribution in [0.25, 0.3) is 0 Å². The Morgan fingerprint density at radius 2 is 1.69 bits per heavy atom. The Hall–Kier alpha value is -1.75. The Bertz CT molecular complexity index is 873. The van der Waals surface area contributed by atoms with Crippen molar-refractivity contribution in [2.45, 2.75) is 52.4 Å². The molecule has 2 rings (SSSR count). The first-order valence-electron chi connectivity index (χ1n) is 9.48. The van der Waals surface area contributed by atoms with Crippen LogP contribution in [0.1, 0.15) is 53.1 Å². The van der Waals surface area contributed by atoms with E-state index in [0.29, 0.717) is 12.0 Å². The lowest BCUT2D eigenvalue weighted by molar-refractivity contribution is 0.0502. The molecule has 0 bridgehead atoms. The molecule has 0 radical (unpaired) electrons. The molecular weight excluding hydrogens is 397 g/mol. The van der Waals surface area contributed by atoms with Gasteiger partial charge in [0.1, 0.15) is 5.75 Å². The van der Waals surface area contributed by atoms with Gasteiger partial charge >= 0.3 is 6.17 Å². The number of alkyl halides is 2. The minimum Gasteiger partial charge on any atom is -0.467 e. The van der Waals surface area contributed by atoms with Crippen molar-refractivity contribution < 1.29 is 27.7 Å². The Morgan fingerprint density at radius 1 is 1.07 bits per heavy atom. The zero-order valence-corrected chi connectivity index (χ0v) is 18.4. The van der Waals surface area contributed by atoms with Crippen LogP contribution in [0.2, 0.25) is 0 Å². The van der Waals surface area contributed by atoms with Gasteiger partial charge in [-0.05, 0) is 65.6 Å². The van der Waals surface area contributed by atoms with Crippen molar-refractivity contribution in [3.63, 3.8) is 0 Å². The number of benzene rings is 2. The lowest BCUT2D eigenvalue weighted by atomic mass is 9.92. The third kappa shape index (κ3) is 6.11. The summed E-state index contributed by atoms with van der Waals surface area (Å²) >= 11 is 0. The molecule has 0 heterocycles. The number of halogens is 2. The molecule has 2 aromatic rings. The molecule has 0 aliphatic rings. The predicted molar refractivity (Wildman–Crippen MR) is 111 cm³/mol. The van der Waals surface area contributed by atoms with Crippen molar-refractivity contribution in [3.8, 4) is 5.75 Å². The van der Waals surface area contributed by atoms with E-state index in [0.717, 1.165) is 33.6 Å². The molecule has 7 heteroatoms. The monoisotopic (exact) mass is 426 g/mol. The minimum absolute atomic E-state index is 0.187. The highest BCUT2D eigenvalue weighted by molar-refractivity contribution is 7.57. The molecule has 1 N–H and O–H groups in total. The summed E-state index contributed by atoms with van der Waals surface area (Å²) in [7, 11) is -2.92. The number of hydrogen-bond acceptors (Lipinski definition) is 3. The molecule has 0 fully saturated rings. The smallest absolute Gasteiger partial charge is 0.312 e. The molecule has 1 atom stereocenters. The van der Waals surface area contributed by atoms with Crippen LogP contribution in [-0.4, -0.2) is 25.0 Å². The van der Waals surface area contributed by atoms with Gasteiger partial charge in [-0.1, -0.05) is 38.1 Å². The highest BCUT2D eigenvalue weighted by atomic mass is 31.2. The summed E-state index contributed by atoms with van der Waals surface area (Å²) in [5.41, 5.74) is 5.57. The van der Waals surface area contributed by atoms with Gasteiger partial charge in [0.2, 0.25) is 0 Å². The fourth-order valence-corrected chi connectivity index (χ4v) is 4.24. The zero-order chi connectivity index (χ0) is 21.8. The minimum atomic E-state index is -4.50. The number of methoxy groups -OCH3 is 1. The zero-order valence-electron chi connectivity index (χ0n) is 17.5. The molecule has 0 spiro atoms. The molecule has 29 heavy (non-hydrogen) atoms. The lowest BCUT2D eigenvalue weighted by Crippen LogP contribution is -2.04. The highest BCUT2D eigenvalue weighted by Gasteiger charge is 2.31. The molecular formula is C22H29F2O4P. The molecule has 0 amide bonds. The molecule has 0 aromatic heterocycles. The molecule has 0 saturated heterocycles. The van der Waals surface area contributed by atoms with Crippen LogP contribution in [0, 0.1) is 13.8 Å². The molecule has 0 aliphatic heterocycles. The van der Waals surface area contributed by atoms with Crippen molar-refractivity contribution in [2.75, 3.05) is 13.9 Å². The number of ether oxygens (including phenoxy) is 2. The average Bonchev–Trinajstić information content (AvgIpc) is 2.62. The summed E-state index contributed by atoms with van der Waals surface area (Å²) in [5, 5.41) is 0. The summed E-state index contributed by atoms with van der Waals surface area (Å²) in [5.74, 6) is 1.07. The van der Waals surface area contributed by atoms with E-state index in [1.807, 2.05) is 26.0 Å². The van der Waals surface area contributed by atoms with Gasteiger partial charge < -0.3 is 14.4 Å². The second-order valence-electron chi connectivity index (χ2n) is 7.65. The average molecular weight is 426 g/mol. The highest BCUT2D eigenvalue weighted by Crippen LogP contribution is 2.51. The molecule has 0 aliphatic carbocycles. The Morgan fingerprint density at radius 3 is 2.21 bits per heavy atom. The van der Waals surface area contributed by atoms with Crippen LogP contribution >= 0.6 is 7.37 Å². The largest absolute Gasteiger partial charge is 0.467 e. The van der Waals surface area contributed by atoms with E-state index in [2.05, 4.69) is 19.9 Å². The fourth-order valence-electron chi connectivity index (χ4n) is 3.40. The molecule has 4 nitrogen and oxygen atoms in total. The van der Waals surface area contributed by atoms with E-state index in [-0.39, 0.29) is 12.7 Å². The van der Waals surface area contributed by atoms with Gasteiger partial charge in [-0.15, -0.1) is 0 Å². The predicted octanol–water partition coefficient (Wildman–Crippen LogP) is 5.99. The van der Waals surface area contributed by atoms with Crippen molar-refractivity contribution in [1.29, 1.82) is 0 Å². The van der Waals surface area contributed by atoms with Crippen LogP contribution in [0.3, 0.4) is 0 Å². The van der Waals surface area contributed by atoms with Gasteiger partial charge in [0.05, 0.1) is 6.16 Å². The summed E-state index contributed by atoms with van der Waals surface area (Å²) in [4.78, 5) is 9.49. The number of aryl methyl sites for hydroxylation is 2. The third-order valence-electron chi connectivity index (χ3n) is 4.88. The topological polar surface area (TPSA) is 55.8 Å². The normalized spacial score (nSPS) is 13.7. The first-order valence-corrected chi connectivity index (χ1v) is 11.4. The first-order chi connectivity index (χ1) is 13.5. The van der Waals surface area contributed by atoms with Crippen LogP contribution < -0.4 is 4.74 Å². The van der Waals surface area contributed by atoms with E-state index < -0.39 is 19.7 Å². The summed E-state index contributed by atoms with van der Waals surface area (Å²) in [6.07, 6.45) is -3.07. The Balaban J connectivity index is 2.30. The summed E-state index contributed by atoms with van der Waals surface area (Å²) < 4.78 is 47.8. The maximum atomic E-state index is 12.7. The summed E-state index contributed by atoms with van der Waals surface area (Å²) in [6.45, 7) is 8.18. The van der Waals surface area contributed by atoms with Crippen LogP contribution in [-0.2, 0) is 21.9 Å². The quantitative estimate of drug-likeness (QED) is 0.395. The number of hydrogen-bond donors (Lipinski definition) is 1. The van der Waals surface area contributed by atoms with Crippen molar-refractivity contribution in [2.24, 2.45) is 0 Å².